The first-order valence-corrected chi connectivity index (χ1v) is 8.04. The fraction of sp³-hybridized carbons (Fsp3) is 0.167. The molecule has 0 aromatic heterocycles. The Morgan fingerprint density at radius 1 is 1.18 bits per heavy atom. The molecule has 0 spiro atoms. The van der Waals surface area contributed by atoms with Gasteiger partial charge in [0.1, 0.15) is 11.9 Å². The molecule has 28 heavy (non-hydrogen) atoms. The predicted octanol–water partition coefficient (Wildman–Crippen LogP) is 2.03. The molecule has 0 aliphatic carbocycles. The number of halogens is 1. The van der Waals surface area contributed by atoms with Crippen LogP contribution < -0.4 is 10.6 Å². The van der Waals surface area contributed by atoms with Crippen molar-refractivity contribution in [1.29, 1.82) is 0 Å². The number of carbonyl (C=O) groups excluding carboxylic acids is 3. The Balaban J connectivity index is 1.86. The number of nitro groups is 1. The van der Waals surface area contributed by atoms with Crippen molar-refractivity contribution in [2.24, 2.45) is 0 Å². The van der Waals surface area contributed by atoms with Gasteiger partial charge >= 0.3 is 5.97 Å². The molecule has 146 valence electrons. The molecule has 0 heterocycles. The van der Waals surface area contributed by atoms with Gasteiger partial charge in [-0.25, -0.2) is 9.18 Å². The van der Waals surface area contributed by atoms with Gasteiger partial charge < -0.3 is 15.4 Å². The molecular weight excluding hydrogens is 373 g/mol. The van der Waals surface area contributed by atoms with Crippen LogP contribution in [0.5, 0.6) is 0 Å². The molecule has 2 amide bonds. The average molecular weight is 389 g/mol. The van der Waals surface area contributed by atoms with Gasteiger partial charge in [0.05, 0.1) is 10.6 Å². The number of hydrogen-bond acceptors (Lipinski definition) is 6. The summed E-state index contributed by atoms with van der Waals surface area (Å²) in [4.78, 5) is 45.8. The normalized spacial score (nSPS) is 11.2. The van der Waals surface area contributed by atoms with E-state index in [0.717, 1.165) is 12.1 Å². The standard InChI is InChI=1S/C18H16FN3O6/c1-11(20-17(24)12-5-4-6-13(9-12)22(26)27)18(25)28-10-16(23)21-15-8-3-2-7-14(15)19/h2-9,11H,10H2,1H3,(H,20,24)(H,21,23)/t11-/m0/s1. The van der Waals surface area contributed by atoms with E-state index in [4.69, 9.17) is 4.74 Å². The van der Waals surface area contributed by atoms with Gasteiger partial charge in [0.25, 0.3) is 17.5 Å². The number of ether oxygens (including phenoxy) is 1. The third kappa shape index (κ3) is 5.59. The minimum atomic E-state index is -1.12. The van der Waals surface area contributed by atoms with E-state index in [9.17, 15) is 28.9 Å². The Hall–Kier alpha value is -3.82. The van der Waals surface area contributed by atoms with E-state index in [1.165, 1.54) is 43.3 Å². The number of benzene rings is 2. The molecule has 0 bridgehead atoms. The van der Waals surface area contributed by atoms with E-state index in [-0.39, 0.29) is 16.9 Å². The van der Waals surface area contributed by atoms with Gasteiger partial charge in [0.15, 0.2) is 6.61 Å². The van der Waals surface area contributed by atoms with Crippen LogP contribution in [-0.2, 0) is 14.3 Å². The summed E-state index contributed by atoms with van der Waals surface area (Å²) in [7, 11) is 0. The average Bonchev–Trinajstić information content (AvgIpc) is 2.67. The highest BCUT2D eigenvalue weighted by Crippen LogP contribution is 2.13. The summed E-state index contributed by atoms with van der Waals surface area (Å²) in [5, 5.41) is 15.3. The first-order valence-electron chi connectivity index (χ1n) is 8.04. The van der Waals surface area contributed by atoms with Gasteiger partial charge in [-0.05, 0) is 25.1 Å². The number of nitro benzene ring substituents is 1. The summed E-state index contributed by atoms with van der Waals surface area (Å²) in [6, 6.07) is 9.34. The smallest absolute Gasteiger partial charge is 0.328 e. The minimum Gasteiger partial charge on any atom is -0.454 e. The molecule has 1 atom stereocenters. The second-order valence-corrected chi connectivity index (χ2v) is 5.64. The van der Waals surface area contributed by atoms with Crippen LogP contribution in [-0.4, -0.2) is 35.4 Å². The number of anilines is 1. The highest BCUT2D eigenvalue weighted by molar-refractivity contribution is 5.97. The van der Waals surface area contributed by atoms with E-state index in [1.54, 1.807) is 0 Å². The van der Waals surface area contributed by atoms with Gasteiger partial charge in [0, 0.05) is 17.7 Å². The predicted molar refractivity (Wildman–Crippen MR) is 96.0 cm³/mol. The van der Waals surface area contributed by atoms with E-state index < -0.39 is 41.2 Å². The molecule has 10 heteroatoms. The van der Waals surface area contributed by atoms with Gasteiger partial charge in [-0.1, -0.05) is 18.2 Å². The maximum atomic E-state index is 13.4. The zero-order valence-electron chi connectivity index (χ0n) is 14.7. The van der Waals surface area contributed by atoms with Gasteiger partial charge in [0.2, 0.25) is 0 Å². The molecule has 0 aliphatic rings. The van der Waals surface area contributed by atoms with Crippen LogP contribution in [0.25, 0.3) is 0 Å². The lowest BCUT2D eigenvalue weighted by atomic mass is 10.2. The SMILES string of the molecule is C[C@H](NC(=O)c1cccc([N+](=O)[O-])c1)C(=O)OCC(=O)Nc1ccccc1F. The molecular formula is C18H16FN3O6. The lowest BCUT2D eigenvalue weighted by molar-refractivity contribution is -0.384. The minimum absolute atomic E-state index is 0.00820. The number of para-hydroxylation sites is 1. The van der Waals surface area contributed by atoms with Gasteiger partial charge in [-0.2, -0.15) is 0 Å². The van der Waals surface area contributed by atoms with Crippen LogP contribution in [0.2, 0.25) is 0 Å². The van der Waals surface area contributed by atoms with Crippen molar-refractivity contribution < 1.29 is 28.4 Å². The van der Waals surface area contributed by atoms with Crippen LogP contribution in [0.1, 0.15) is 17.3 Å². The van der Waals surface area contributed by atoms with Crippen molar-refractivity contribution in [2.75, 3.05) is 11.9 Å². The van der Waals surface area contributed by atoms with Crippen LogP contribution in [0.3, 0.4) is 0 Å². The number of hydrogen-bond donors (Lipinski definition) is 2. The maximum Gasteiger partial charge on any atom is 0.328 e. The van der Waals surface area contributed by atoms with E-state index in [0.29, 0.717) is 0 Å². The third-order valence-corrected chi connectivity index (χ3v) is 3.51. The summed E-state index contributed by atoms with van der Waals surface area (Å²) >= 11 is 0. The summed E-state index contributed by atoms with van der Waals surface area (Å²) in [5.41, 5.74) is -0.339. The van der Waals surface area contributed by atoms with Gasteiger partial charge in [-0.15, -0.1) is 0 Å². The Bertz CT molecular complexity index is 918. The first-order chi connectivity index (χ1) is 13.3. The highest BCUT2D eigenvalue weighted by Gasteiger charge is 2.20. The van der Waals surface area contributed by atoms with Crippen LogP contribution in [0.15, 0.2) is 48.5 Å². The second kappa shape index (κ2) is 9.21. The molecule has 0 aliphatic heterocycles. The molecule has 2 rings (SSSR count). The summed E-state index contributed by atoms with van der Waals surface area (Å²) in [6.45, 7) is 0.649. The maximum absolute atomic E-state index is 13.4. The van der Waals surface area contributed by atoms with Crippen molar-refractivity contribution in [3.05, 3.63) is 70.0 Å². The number of carbonyl (C=O) groups is 3. The van der Waals surface area contributed by atoms with Crippen LogP contribution in [0.4, 0.5) is 15.8 Å². The lowest BCUT2D eigenvalue weighted by Crippen LogP contribution is -2.40. The molecule has 0 fully saturated rings. The molecule has 9 nitrogen and oxygen atoms in total. The zero-order chi connectivity index (χ0) is 20.7. The van der Waals surface area contributed by atoms with Crippen LogP contribution in [0, 0.1) is 15.9 Å². The van der Waals surface area contributed by atoms with Crippen LogP contribution >= 0.6 is 0 Å². The molecule has 0 saturated carbocycles. The molecule has 0 unspecified atom stereocenters. The molecule has 2 aromatic rings. The number of nitrogens with zero attached hydrogens (tertiary/aromatic N) is 1. The number of non-ortho nitro benzene ring substituents is 1. The quantitative estimate of drug-likeness (QED) is 0.424. The molecule has 0 saturated heterocycles. The number of nitrogens with one attached hydrogen (secondary N) is 2. The topological polar surface area (TPSA) is 128 Å². The molecule has 2 aromatic carbocycles. The Kier molecular flexibility index (Phi) is 6.74. The van der Waals surface area contributed by atoms with E-state index in [2.05, 4.69) is 10.6 Å². The lowest BCUT2D eigenvalue weighted by Gasteiger charge is -2.13. The van der Waals surface area contributed by atoms with Crippen molar-refractivity contribution >= 4 is 29.2 Å². The Morgan fingerprint density at radius 3 is 2.57 bits per heavy atom. The Morgan fingerprint density at radius 2 is 1.89 bits per heavy atom. The summed E-state index contributed by atoms with van der Waals surface area (Å²) in [6.07, 6.45) is 0. The summed E-state index contributed by atoms with van der Waals surface area (Å²) in [5.74, 6) is -3.01. The molecule has 0 radical (unpaired) electrons. The Labute approximate surface area is 158 Å². The van der Waals surface area contributed by atoms with E-state index >= 15 is 0 Å². The third-order valence-electron chi connectivity index (χ3n) is 3.51. The van der Waals surface area contributed by atoms with E-state index in [1.807, 2.05) is 0 Å². The van der Waals surface area contributed by atoms with Crippen molar-refractivity contribution in [2.45, 2.75) is 13.0 Å². The van der Waals surface area contributed by atoms with Crippen molar-refractivity contribution in [3.8, 4) is 0 Å². The number of amides is 2. The summed E-state index contributed by atoms with van der Waals surface area (Å²) < 4.78 is 18.2. The van der Waals surface area contributed by atoms with Crippen molar-refractivity contribution in [1.82, 2.24) is 5.32 Å². The zero-order valence-corrected chi connectivity index (χ0v) is 14.7. The monoisotopic (exact) mass is 389 g/mol. The highest BCUT2D eigenvalue weighted by atomic mass is 19.1. The molecule has 2 N–H and O–H groups in total. The first kappa shape index (κ1) is 20.5. The van der Waals surface area contributed by atoms with Crippen molar-refractivity contribution in [3.63, 3.8) is 0 Å². The second-order valence-electron chi connectivity index (χ2n) is 5.64. The fourth-order valence-corrected chi connectivity index (χ4v) is 2.11. The van der Waals surface area contributed by atoms with Gasteiger partial charge in [-0.3, -0.25) is 19.7 Å². The fourth-order valence-electron chi connectivity index (χ4n) is 2.11. The largest absolute Gasteiger partial charge is 0.454 e. The number of esters is 1. The number of rotatable bonds is 7.